The van der Waals surface area contributed by atoms with Crippen LogP contribution >= 0.6 is 23.1 Å². The van der Waals surface area contributed by atoms with Gasteiger partial charge in [-0.15, -0.1) is 21.5 Å². The lowest BCUT2D eigenvalue weighted by Crippen LogP contribution is -2.16. The van der Waals surface area contributed by atoms with Crippen molar-refractivity contribution >= 4 is 40.0 Å². The van der Waals surface area contributed by atoms with E-state index < -0.39 is 5.97 Å². The number of thiophene rings is 1. The number of ether oxygens (including phenoxy) is 2. The molecule has 1 N–H and O–H groups in total. The number of rotatable bonds is 9. The molecule has 0 saturated heterocycles. The van der Waals surface area contributed by atoms with Crippen LogP contribution in [0.3, 0.4) is 0 Å². The van der Waals surface area contributed by atoms with Crippen LogP contribution in [-0.2, 0) is 16.6 Å². The second-order valence-corrected chi connectivity index (χ2v) is 10.3. The number of para-hydroxylation sites is 1. The van der Waals surface area contributed by atoms with Gasteiger partial charge in [0.2, 0.25) is 5.91 Å². The number of nitrogens with one attached hydrogen (secondary N) is 1. The number of nitrogens with zero attached hydrogens (tertiary/aromatic N) is 3. The van der Waals surface area contributed by atoms with Crippen LogP contribution in [0.4, 0.5) is 5.00 Å². The first kappa shape index (κ1) is 26.4. The summed E-state index contributed by atoms with van der Waals surface area (Å²) in [7, 11) is 3.17. The highest BCUT2D eigenvalue weighted by Gasteiger charge is 2.23. The first-order chi connectivity index (χ1) is 17.8. The van der Waals surface area contributed by atoms with Crippen molar-refractivity contribution < 1.29 is 19.1 Å². The Labute approximate surface area is 224 Å². The molecule has 37 heavy (non-hydrogen) atoms. The molecule has 0 aliphatic carbocycles. The number of carbonyl (C=O) groups is 2. The average Bonchev–Trinajstić information content (AvgIpc) is 3.47. The lowest BCUT2D eigenvalue weighted by Gasteiger charge is -2.15. The van der Waals surface area contributed by atoms with E-state index in [1.807, 2.05) is 86.3 Å². The molecule has 0 bridgehead atoms. The Hall–Kier alpha value is -3.63. The largest absolute Gasteiger partial charge is 0.482 e. The van der Waals surface area contributed by atoms with Gasteiger partial charge in [0.05, 0.1) is 12.9 Å². The molecule has 4 aromatic rings. The molecule has 2 aromatic heterocycles. The summed E-state index contributed by atoms with van der Waals surface area (Å²) in [5.41, 5.74) is 4.10. The number of esters is 1. The summed E-state index contributed by atoms with van der Waals surface area (Å²) in [4.78, 5) is 25.4. The number of amides is 1. The van der Waals surface area contributed by atoms with E-state index in [1.54, 1.807) is 0 Å². The monoisotopic (exact) mass is 536 g/mol. The zero-order valence-corrected chi connectivity index (χ0v) is 22.9. The van der Waals surface area contributed by atoms with Crippen LogP contribution in [-0.4, -0.2) is 39.5 Å². The maximum atomic E-state index is 12.8. The highest BCUT2D eigenvalue weighted by atomic mass is 32.2. The molecule has 0 aliphatic rings. The van der Waals surface area contributed by atoms with E-state index in [9.17, 15) is 9.59 Å². The summed E-state index contributed by atoms with van der Waals surface area (Å²) in [5, 5.41) is 14.3. The molecule has 0 aliphatic heterocycles. The zero-order valence-electron chi connectivity index (χ0n) is 21.3. The van der Waals surface area contributed by atoms with E-state index in [-0.39, 0.29) is 17.8 Å². The lowest BCUT2D eigenvalue weighted by molar-refractivity contribution is -0.113. The topological polar surface area (TPSA) is 95.3 Å². The van der Waals surface area contributed by atoms with Crippen LogP contribution in [0.25, 0.3) is 11.1 Å². The van der Waals surface area contributed by atoms with Crippen LogP contribution in [0.15, 0.2) is 59.1 Å². The Morgan fingerprint density at radius 1 is 1.11 bits per heavy atom. The third-order valence-electron chi connectivity index (χ3n) is 5.76. The molecular weight excluding hydrogens is 508 g/mol. The Morgan fingerprint density at radius 2 is 1.84 bits per heavy atom. The summed E-state index contributed by atoms with van der Waals surface area (Å²) >= 11 is 2.55. The third kappa shape index (κ3) is 6.03. The van der Waals surface area contributed by atoms with Crippen molar-refractivity contribution in [2.24, 2.45) is 7.05 Å². The Balaban J connectivity index is 1.43. The second kappa shape index (κ2) is 11.6. The molecule has 4 rings (SSSR count). The van der Waals surface area contributed by atoms with E-state index in [1.165, 1.54) is 30.2 Å². The number of aryl methyl sites for hydroxylation is 2. The van der Waals surface area contributed by atoms with Gasteiger partial charge in [-0.2, -0.15) is 0 Å². The van der Waals surface area contributed by atoms with Crippen LogP contribution in [0.2, 0.25) is 0 Å². The highest BCUT2D eigenvalue weighted by molar-refractivity contribution is 7.99. The summed E-state index contributed by atoms with van der Waals surface area (Å²) in [5.74, 6) is 0.771. The molecular formula is C27H28N4O4S2. The predicted octanol–water partition coefficient (Wildman–Crippen LogP) is 5.82. The van der Waals surface area contributed by atoms with Gasteiger partial charge in [0.1, 0.15) is 16.3 Å². The van der Waals surface area contributed by atoms with E-state index in [0.717, 1.165) is 28.0 Å². The first-order valence-electron chi connectivity index (χ1n) is 11.6. The molecule has 192 valence electrons. The average molecular weight is 537 g/mol. The fraction of sp³-hybridized carbons (Fsp3) is 0.259. The molecule has 0 saturated carbocycles. The van der Waals surface area contributed by atoms with Crippen molar-refractivity contribution in [3.63, 3.8) is 0 Å². The molecule has 2 heterocycles. The van der Waals surface area contributed by atoms with Crippen molar-refractivity contribution in [3.8, 4) is 16.9 Å². The van der Waals surface area contributed by atoms with Crippen molar-refractivity contribution in [1.29, 1.82) is 0 Å². The van der Waals surface area contributed by atoms with Crippen LogP contribution in [0.5, 0.6) is 5.75 Å². The first-order valence-corrected chi connectivity index (χ1v) is 13.5. The fourth-order valence-corrected chi connectivity index (χ4v) is 5.42. The van der Waals surface area contributed by atoms with E-state index in [2.05, 4.69) is 15.5 Å². The van der Waals surface area contributed by atoms with Crippen LogP contribution < -0.4 is 10.1 Å². The van der Waals surface area contributed by atoms with E-state index in [0.29, 0.717) is 21.5 Å². The lowest BCUT2D eigenvalue weighted by atomic mass is 10.0. The maximum Gasteiger partial charge on any atom is 0.341 e. The normalized spacial score (nSPS) is 11.7. The summed E-state index contributed by atoms with van der Waals surface area (Å²) in [6.07, 6.45) is -0.323. The maximum absolute atomic E-state index is 12.8. The Morgan fingerprint density at radius 3 is 2.54 bits per heavy atom. The minimum absolute atomic E-state index is 0.0946. The van der Waals surface area contributed by atoms with Crippen molar-refractivity contribution in [2.75, 3.05) is 18.2 Å². The van der Waals surface area contributed by atoms with Crippen molar-refractivity contribution in [2.45, 2.75) is 32.0 Å². The summed E-state index contributed by atoms with van der Waals surface area (Å²) < 4.78 is 12.9. The number of carbonyl (C=O) groups excluding carboxylic acids is 2. The molecule has 8 nitrogen and oxygen atoms in total. The van der Waals surface area contributed by atoms with E-state index in [4.69, 9.17) is 9.47 Å². The van der Waals surface area contributed by atoms with Crippen LogP contribution in [0.1, 0.15) is 40.3 Å². The van der Waals surface area contributed by atoms with Gasteiger partial charge in [-0.3, -0.25) is 4.79 Å². The second-order valence-electron chi connectivity index (χ2n) is 8.47. The Kier molecular flexibility index (Phi) is 8.30. The number of thioether (sulfide) groups is 1. The standard InChI is InChI=1S/C27H28N4O4S2/c1-16-10-12-19(13-11-16)20-14-36-25(23(20)26(33)34-5)28-22(32)15-37-27-30-29-24(31(27)4)18(3)35-21-9-7-6-8-17(21)2/h6-14,18H,15H2,1-5H3,(H,28,32). The van der Waals surface area contributed by atoms with Crippen LogP contribution in [0, 0.1) is 13.8 Å². The molecule has 1 atom stereocenters. The SMILES string of the molecule is COC(=O)c1c(-c2ccc(C)cc2)csc1NC(=O)CSc1nnc(C(C)Oc2ccccc2C)n1C. The number of hydrogen-bond donors (Lipinski definition) is 1. The van der Waals surface area contributed by atoms with Gasteiger partial charge in [-0.1, -0.05) is 59.8 Å². The molecule has 0 fully saturated rings. The van der Waals surface area contributed by atoms with Gasteiger partial charge in [-0.05, 0) is 38.0 Å². The predicted molar refractivity (Wildman–Crippen MR) is 146 cm³/mol. The third-order valence-corrected chi connectivity index (χ3v) is 7.67. The molecule has 1 amide bonds. The number of methoxy groups -OCH3 is 1. The number of hydrogen-bond acceptors (Lipinski definition) is 8. The van der Waals surface area contributed by atoms with Crippen molar-refractivity contribution in [3.05, 3.63) is 76.4 Å². The molecule has 0 radical (unpaired) electrons. The molecule has 10 heteroatoms. The fourth-order valence-electron chi connectivity index (χ4n) is 3.73. The van der Waals surface area contributed by atoms with Crippen molar-refractivity contribution in [1.82, 2.24) is 14.8 Å². The van der Waals surface area contributed by atoms with Gasteiger partial charge in [0.15, 0.2) is 17.1 Å². The minimum Gasteiger partial charge on any atom is -0.482 e. The smallest absolute Gasteiger partial charge is 0.341 e. The highest BCUT2D eigenvalue weighted by Crippen LogP contribution is 2.36. The van der Waals surface area contributed by atoms with Gasteiger partial charge in [0.25, 0.3) is 0 Å². The number of benzene rings is 2. The van der Waals surface area contributed by atoms with Gasteiger partial charge in [-0.25, -0.2) is 4.79 Å². The van der Waals surface area contributed by atoms with Gasteiger partial charge < -0.3 is 19.4 Å². The van der Waals surface area contributed by atoms with Gasteiger partial charge in [0, 0.05) is 18.0 Å². The molecule has 2 aromatic carbocycles. The summed E-state index contributed by atoms with van der Waals surface area (Å²) in [6.45, 7) is 5.90. The number of anilines is 1. The minimum atomic E-state index is -0.500. The van der Waals surface area contributed by atoms with E-state index >= 15 is 0 Å². The molecule has 1 unspecified atom stereocenters. The van der Waals surface area contributed by atoms with Gasteiger partial charge >= 0.3 is 5.97 Å². The summed E-state index contributed by atoms with van der Waals surface area (Å²) in [6, 6.07) is 15.6. The Bertz CT molecular complexity index is 1410. The quantitative estimate of drug-likeness (QED) is 0.213. The molecule has 0 spiro atoms. The zero-order chi connectivity index (χ0) is 26.5. The number of aromatic nitrogens is 3.